The summed E-state index contributed by atoms with van der Waals surface area (Å²) >= 11 is 0. The Hall–Kier alpha value is -0.414. The minimum absolute atomic E-state index is 0. The summed E-state index contributed by atoms with van der Waals surface area (Å²) in [4.78, 5) is -0.251. The Labute approximate surface area is 236 Å². The van der Waals surface area contributed by atoms with Gasteiger partial charge in [-0.05, 0) is 36.6 Å². The van der Waals surface area contributed by atoms with Crippen molar-refractivity contribution in [3.63, 3.8) is 0 Å². The fraction of sp³-hybridized carbons (Fsp3) is 0.520. The molecular formula is C25H35KO5S. The summed E-state index contributed by atoms with van der Waals surface area (Å²) in [5, 5.41) is 11.3. The molecule has 2 aromatic rings. The van der Waals surface area contributed by atoms with E-state index in [1.165, 1.54) is 81.7 Å². The first-order valence-electron chi connectivity index (χ1n) is 11.5. The standard InChI is InChI=1S/C25H36O5S.K/c1-2-3-4-5-6-7-8-9-10-11-12-14-21-15-13-16-24(31(27,28)29)25(21)30-23-19-17-22(26)18-20-23;/h13,15-20,26H,2-12,14H2,1H3,(H,27,28,29);/q;+1/p-1. The van der Waals surface area contributed by atoms with Gasteiger partial charge in [0, 0.05) is 0 Å². The Balaban J connectivity index is 0.00000512. The van der Waals surface area contributed by atoms with Crippen molar-refractivity contribution in [2.75, 3.05) is 0 Å². The van der Waals surface area contributed by atoms with E-state index in [1.807, 2.05) is 6.07 Å². The Morgan fingerprint density at radius 2 is 1.34 bits per heavy atom. The molecule has 0 atom stereocenters. The molecule has 2 rings (SSSR count). The normalized spacial score (nSPS) is 11.2. The van der Waals surface area contributed by atoms with Crippen molar-refractivity contribution in [3.8, 4) is 17.2 Å². The van der Waals surface area contributed by atoms with Gasteiger partial charge < -0.3 is 9.84 Å². The third kappa shape index (κ3) is 11.1. The summed E-state index contributed by atoms with van der Waals surface area (Å²) in [5.41, 5.74) is 0.734. The van der Waals surface area contributed by atoms with Gasteiger partial charge >= 0.3 is 51.4 Å². The predicted molar refractivity (Wildman–Crippen MR) is 122 cm³/mol. The van der Waals surface area contributed by atoms with E-state index in [1.54, 1.807) is 6.07 Å². The quantitative estimate of drug-likeness (QED) is 0.236. The number of rotatable bonds is 15. The molecule has 0 aliphatic heterocycles. The second kappa shape index (κ2) is 16.3. The third-order valence-corrected chi connectivity index (χ3v) is 6.31. The number of para-hydroxylation sites is 1. The zero-order chi connectivity index (χ0) is 22.5. The zero-order valence-electron chi connectivity index (χ0n) is 19.5. The van der Waals surface area contributed by atoms with E-state index in [9.17, 15) is 18.1 Å². The number of unbranched alkanes of at least 4 members (excludes halogenated alkanes) is 10. The number of hydrogen-bond donors (Lipinski definition) is 1. The molecule has 0 bridgehead atoms. The monoisotopic (exact) mass is 486 g/mol. The van der Waals surface area contributed by atoms with Crippen LogP contribution >= 0.6 is 0 Å². The van der Waals surface area contributed by atoms with Gasteiger partial charge in [0.1, 0.15) is 10.6 Å². The Morgan fingerprint density at radius 1 is 0.812 bits per heavy atom. The average molecular weight is 487 g/mol. The maximum absolute atomic E-state index is 11.8. The van der Waals surface area contributed by atoms with Crippen LogP contribution in [0.15, 0.2) is 47.4 Å². The summed E-state index contributed by atoms with van der Waals surface area (Å²) in [5.74, 6) is 0.336. The Kier molecular flexibility index (Phi) is 15.0. The van der Waals surface area contributed by atoms with E-state index in [0.29, 0.717) is 12.2 Å². The van der Waals surface area contributed by atoms with Gasteiger partial charge in [0.25, 0.3) is 10.1 Å². The number of benzene rings is 2. The number of aryl methyl sites for hydroxylation is 1. The summed E-state index contributed by atoms with van der Waals surface area (Å²) in [6, 6.07) is 10.5. The minimum Gasteiger partial charge on any atom is -0.872 e. The van der Waals surface area contributed by atoms with E-state index >= 15 is 0 Å². The van der Waals surface area contributed by atoms with Crippen molar-refractivity contribution in [2.24, 2.45) is 0 Å². The number of ether oxygens (including phenoxy) is 1. The zero-order valence-corrected chi connectivity index (χ0v) is 23.5. The maximum atomic E-state index is 11.8. The molecule has 2 aromatic carbocycles. The SMILES string of the molecule is CCCCCCCCCCCCCc1cccc(S(=O)(=O)O)c1Oc1ccc([O-])cc1.[K+]. The molecule has 0 fully saturated rings. The molecule has 7 heteroatoms. The van der Waals surface area contributed by atoms with Crippen LogP contribution in [-0.4, -0.2) is 13.0 Å². The molecular weight excluding hydrogens is 451 g/mol. The van der Waals surface area contributed by atoms with Crippen molar-refractivity contribution in [2.45, 2.75) is 88.9 Å². The summed E-state index contributed by atoms with van der Waals surface area (Å²) in [7, 11) is -4.43. The van der Waals surface area contributed by atoms with Crippen LogP contribution in [0.3, 0.4) is 0 Å². The van der Waals surface area contributed by atoms with E-state index in [0.717, 1.165) is 24.8 Å². The fourth-order valence-corrected chi connectivity index (χ4v) is 4.34. The molecule has 0 saturated carbocycles. The minimum atomic E-state index is -4.43. The summed E-state index contributed by atoms with van der Waals surface area (Å²) in [6.45, 7) is 2.24. The van der Waals surface area contributed by atoms with Gasteiger partial charge in [0.15, 0.2) is 5.75 Å². The van der Waals surface area contributed by atoms with Crippen LogP contribution in [-0.2, 0) is 16.5 Å². The topological polar surface area (TPSA) is 86.7 Å². The molecule has 0 aromatic heterocycles. The molecule has 0 spiro atoms. The molecule has 172 valence electrons. The summed E-state index contributed by atoms with van der Waals surface area (Å²) in [6.07, 6.45) is 14.3. The van der Waals surface area contributed by atoms with Gasteiger partial charge in [0.2, 0.25) is 0 Å². The van der Waals surface area contributed by atoms with E-state index in [4.69, 9.17) is 4.74 Å². The fourth-order valence-electron chi connectivity index (χ4n) is 3.68. The first-order chi connectivity index (χ1) is 14.9. The second-order valence-corrected chi connectivity index (χ2v) is 9.47. The van der Waals surface area contributed by atoms with Gasteiger partial charge in [-0.15, -0.1) is 5.75 Å². The van der Waals surface area contributed by atoms with Crippen LogP contribution < -0.4 is 61.2 Å². The van der Waals surface area contributed by atoms with Crippen molar-refractivity contribution in [1.82, 2.24) is 0 Å². The Morgan fingerprint density at radius 3 is 1.88 bits per heavy atom. The molecule has 5 nitrogen and oxygen atoms in total. The number of hydrogen-bond acceptors (Lipinski definition) is 4. The van der Waals surface area contributed by atoms with Crippen LogP contribution in [0, 0.1) is 0 Å². The second-order valence-electron chi connectivity index (χ2n) is 8.08. The van der Waals surface area contributed by atoms with E-state index in [-0.39, 0.29) is 67.8 Å². The van der Waals surface area contributed by atoms with Crippen molar-refractivity contribution in [3.05, 3.63) is 48.0 Å². The first kappa shape index (κ1) is 29.6. The van der Waals surface area contributed by atoms with Crippen LogP contribution in [0.4, 0.5) is 0 Å². The molecule has 0 unspecified atom stereocenters. The largest absolute Gasteiger partial charge is 1.00 e. The van der Waals surface area contributed by atoms with Crippen molar-refractivity contribution >= 4 is 10.1 Å². The third-order valence-electron chi connectivity index (χ3n) is 5.43. The van der Waals surface area contributed by atoms with Gasteiger partial charge in [-0.1, -0.05) is 95.4 Å². The first-order valence-corrected chi connectivity index (χ1v) is 12.9. The van der Waals surface area contributed by atoms with Crippen LogP contribution in [0.5, 0.6) is 17.2 Å². The molecule has 1 N–H and O–H groups in total. The van der Waals surface area contributed by atoms with Gasteiger partial charge in [-0.2, -0.15) is 8.42 Å². The smallest absolute Gasteiger partial charge is 0.872 e. The Bertz CT molecular complexity index is 882. The molecule has 0 heterocycles. The van der Waals surface area contributed by atoms with Gasteiger partial charge in [-0.25, -0.2) is 0 Å². The summed E-state index contributed by atoms with van der Waals surface area (Å²) < 4.78 is 39.1. The van der Waals surface area contributed by atoms with Crippen molar-refractivity contribution < 1.29 is 74.2 Å². The van der Waals surface area contributed by atoms with E-state index < -0.39 is 10.1 Å². The average Bonchev–Trinajstić information content (AvgIpc) is 2.73. The van der Waals surface area contributed by atoms with Gasteiger partial charge in [-0.3, -0.25) is 4.55 Å². The molecule has 0 radical (unpaired) electrons. The predicted octanol–water partition coefficient (Wildman–Crippen LogP) is 3.66. The van der Waals surface area contributed by atoms with Gasteiger partial charge in [0.05, 0.1) is 0 Å². The molecule has 0 aliphatic carbocycles. The molecule has 32 heavy (non-hydrogen) atoms. The van der Waals surface area contributed by atoms with Crippen LogP contribution in [0.25, 0.3) is 0 Å². The van der Waals surface area contributed by atoms with Crippen molar-refractivity contribution in [1.29, 1.82) is 0 Å². The molecule has 0 amide bonds. The maximum Gasteiger partial charge on any atom is 1.00 e. The van der Waals surface area contributed by atoms with Crippen LogP contribution in [0.2, 0.25) is 0 Å². The van der Waals surface area contributed by atoms with E-state index in [2.05, 4.69) is 6.92 Å². The van der Waals surface area contributed by atoms with Crippen LogP contribution in [0.1, 0.15) is 83.1 Å². The molecule has 0 aliphatic rings. The molecule has 0 saturated heterocycles.